The Morgan fingerprint density at radius 1 is 1.48 bits per heavy atom. The van der Waals surface area contributed by atoms with E-state index in [-0.39, 0.29) is 24.1 Å². The van der Waals surface area contributed by atoms with E-state index in [1.807, 2.05) is 4.08 Å². The number of aliphatic hydroxyl groups is 1. The smallest absolute Gasteiger partial charge is 0.305 e. The molecule has 0 amide bonds. The Balaban J connectivity index is 1.82. The van der Waals surface area contributed by atoms with Crippen LogP contribution in [0.15, 0.2) is 10.2 Å². The predicted octanol–water partition coefficient (Wildman–Crippen LogP) is 3.07. The van der Waals surface area contributed by atoms with Crippen molar-refractivity contribution in [3.63, 3.8) is 0 Å². The minimum atomic E-state index is -0.262. The molecule has 0 spiro atoms. The highest BCUT2D eigenvalue weighted by Gasteiger charge is 2.43. The van der Waals surface area contributed by atoms with Crippen molar-refractivity contribution in [2.45, 2.75) is 50.7 Å². The third kappa shape index (κ3) is 4.66. The van der Waals surface area contributed by atoms with Crippen LogP contribution in [0.3, 0.4) is 0 Å². The van der Waals surface area contributed by atoms with Crippen molar-refractivity contribution in [3.8, 4) is 0 Å². The van der Waals surface area contributed by atoms with Gasteiger partial charge in [-0.3, -0.25) is 4.79 Å². The maximum absolute atomic E-state index is 11.1. The molecule has 0 aromatic heterocycles. The predicted molar refractivity (Wildman–Crippen MR) is 89.1 cm³/mol. The summed E-state index contributed by atoms with van der Waals surface area (Å²) in [6, 6.07) is 0. The van der Waals surface area contributed by atoms with E-state index in [9.17, 15) is 9.90 Å². The number of carbonyl (C=O) groups excluding carboxylic acids is 1. The van der Waals surface area contributed by atoms with Gasteiger partial charge in [0.05, 0.1) is 19.3 Å². The first-order chi connectivity index (χ1) is 10.2. The highest BCUT2D eigenvalue weighted by molar-refractivity contribution is 14.1. The molecule has 5 heteroatoms. The van der Waals surface area contributed by atoms with Crippen LogP contribution in [0.2, 0.25) is 0 Å². The number of halogens is 1. The van der Waals surface area contributed by atoms with Crippen LogP contribution in [0.25, 0.3) is 0 Å². The van der Waals surface area contributed by atoms with Gasteiger partial charge in [0.25, 0.3) is 0 Å². The monoisotopic (exact) mass is 408 g/mol. The second kappa shape index (κ2) is 8.48. The summed E-state index contributed by atoms with van der Waals surface area (Å²) in [6.07, 6.45) is 7.43. The van der Waals surface area contributed by atoms with E-state index < -0.39 is 0 Å². The topological polar surface area (TPSA) is 55.8 Å². The van der Waals surface area contributed by atoms with Crippen molar-refractivity contribution < 1.29 is 19.4 Å². The number of hydrogen-bond acceptors (Lipinski definition) is 4. The van der Waals surface area contributed by atoms with Gasteiger partial charge in [-0.15, -0.1) is 0 Å². The van der Waals surface area contributed by atoms with Gasteiger partial charge in [-0.2, -0.15) is 0 Å². The first kappa shape index (κ1) is 17.2. The number of esters is 1. The van der Waals surface area contributed by atoms with Gasteiger partial charge in [-0.1, -0.05) is 28.7 Å². The van der Waals surface area contributed by atoms with Gasteiger partial charge >= 0.3 is 5.97 Å². The quantitative estimate of drug-likeness (QED) is 0.561. The van der Waals surface area contributed by atoms with E-state index in [4.69, 9.17) is 4.74 Å². The van der Waals surface area contributed by atoms with Crippen molar-refractivity contribution in [3.05, 3.63) is 10.2 Å². The molecule has 21 heavy (non-hydrogen) atoms. The lowest BCUT2D eigenvalue weighted by atomic mass is 9.87. The van der Waals surface area contributed by atoms with Crippen molar-refractivity contribution >= 4 is 28.6 Å². The highest BCUT2D eigenvalue weighted by atomic mass is 127. The second-order valence-electron chi connectivity index (χ2n) is 6.15. The van der Waals surface area contributed by atoms with E-state index in [0.29, 0.717) is 18.3 Å². The standard InChI is InChI=1S/C16H25IO4/c1-20-16(19)4-2-3-11-5-6-13-12(7-8-17)14(18)9-15(13)21-10-11/h7-8,11-15,18H,2-6,9-10H2,1H3/b8-7+/t11-,12-,13+,14+,15-/m0/s1. The summed E-state index contributed by atoms with van der Waals surface area (Å²) >= 11 is 2.22. The minimum absolute atomic E-state index is 0.128. The fourth-order valence-electron chi connectivity index (χ4n) is 3.66. The molecule has 1 saturated heterocycles. The number of rotatable bonds is 5. The van der Waals surface area contributed by atoms with E-state index in [2.05, 4.69) is 33.4 Å². The first-order valence-corrected chi connectivity index (χ1v) is 9.03. The minimum Gasteiger partial charge on any atom is -0.469 e. The van der Waals surface area contributed by atoms with Crippen molar-refractivity contribution in [1.82, 2.24) is 0 Å². The van der Waals surface area contributed by atoms with Crippen LogP contribution < -0.4 is 0 Å². The molecule has 0 radical (unpaired) electrons. The van der Waals surface area contributed by atoms with Crippen molar-refractivity contribution in [2.75, 3.05) is 13.7 Å². The Kier molecular flexibility index (Phi) is 6.95. The molecule has 2 aliphatic rings. The molecule has 120 valence electrons. The average Bonchev–Trinajstić information content (AvgIpc) is 2.65. The molecule has 0 bridgehead atoms. The summed E-state index contributed by atoms with van der Waals surface area (Å²) in [5.41, 5.74) is 0. The average molecular weight is 408 g/mol. The molecule has 4 nitrogen and oxygen atoms in total. The van der Waals surface area contributed by atoms with Gasteiger partial charge in [0.2, 0.25) is 0 Å². The van der Waals surface area contributed by atoms with E-state index in [0.717, 1.165) is 38.7 Å². The molecular weight excluding hydrogens is 383 g/mol. The Morgan fingerprint density at radius 2 is 2.29 bits per heavy atom. The lowest BCUT2D eigenvalue weighted by Gasteiger charge is -2.20. The zero-order valence-electron chi connectivity index (χ0n) is 12.5. The number of fused-ring (bicyclic) bond motifs is 1. The molecule has 0 unspecified atom stereocenters. The van der Waals surface area contributed by atoms with Gasteiger partial charge < -0.3 is 14.6 Å². The van der Waals surface area contributed by atoms with Gasteiger partial charge in [0.15, 0.2) is 0 Å². The maximum atomic E-state index is 11.1. The molecule has 0 aromatic rings. The Morgan fingerprint density at radius 3 is 3.00 bits per heavy atom. The fourth-order valence-corrected chi connectivity index (χ4v) is 4.14. The summed E-state index contributed by atoms with van der Waals surface area (Å²) < 4.78 is 12.7. The largest absolute Gasteiger partial charge is 0.469 e. The lowest BCUT2D eigenvalue weighted by molar-refractivity contribution is -0.140. The summed E-state index contributed by atoms with van der Waals surface area (Å²) in [7, 11) is 1.43. The van der Waals surface area contributed by atoms with Crippen LogP contribution in [0.1, 0.15) is 38.5 Å². The molecule has 1 N–H and O–H groups in total. The third-order valence-corrected chi connectivity index (χ3v) is 5.28. The lowest BCUT2D eigenvalue weighted by Crippen LogP contribution is -2.20. The Hall–Kier alpha value is -0.140. The Bertz CT molecular complexity index is 371. The molecule has 1 saturated carbocycles. The zero-order valence-corrected chi connectivity index (χ0v) is 14.7. The van der Waals surface area contributed by atoms with Crippen LogP contribution in [-0.2, 0) is 14.3 Å². The van der Waals surface area contributed by atoms with Crippen LogP contribution >= 0.6 is 22.6 Å². The third-order valence-electron chi connectivity index (χ3n) is 4.86. The molecule has 2 rings (SSSR count). The molecule has 1 aliphatic carbocycles. The molecule has 5 atom stereocenters. The van der Waals surface area contributed by atoms with Gasteiger partial charge in [0, 0.05) is 25.4 Å². The van der Waals surface area contributed by atoms with E-state index >= 15 is 0 Å². The second-order valence-corrected chi connectivity index (χ2v) is 6.87. The summed E-state index contributed by atoms with van der Waals surface area (Å²) in [5.74, 6) is 1.08. The number of hydrogen-bond donors (Lipinski definition) is 1. The number of methoxy groups -OCH3 is 1. The van der Waals surface area contributed by atoms with Gasteiger partial charge in [0.1, 0.15) is 0 Å². The van der Waals surface area contributed by atoms with Crippen molar-refractivity contribution in [2.24, 2.45) is 17.8 Å². The molecule has 1 heterocycles. The van der Waals surface area contributed by atoms with Crippen LogP contribution in [0.5, 0.6) is 0 Å². The highest BCUT2D eigenvalue weighted by Crippen LogP contribution is 2.42. The van der Waals surface area contributed by atoms with Crippen LogP contribution in [0.4, 0.5) is 0 Å². The summed E-state index contributed by atoms with van der Waals surface area (Å²) in [6.45, 7) is 0.760. The van der Waals surface area contributed by atoms with Gasteiger partial charge in [-0.05, 0) is 41.6 Å². The van der Waals surface area contributed by atoms with Crippen LogP contribution in [-0.4, -0.2) is 37.0 Å². The summed E-state index contributed by atoms with van der Waals surface area (Å²) in [5, 5.41) is 10.2. The molecule has 1 aliphatic heterocycles. The zero-order chi connectivity index (χ0) is 15.2. The van der Waals surface area contributed by atoms with Crippen molar-refractivity contribution in [1.29, 1.82) is 0 Å². The van der Waals surface area contributed by atoms with E-state index in [1.165, 1.54) is 7.11 Å². The normalized spacial score (nSPS) is 36.4. The Labute approximate surface area is 140 Å². The molecule has 0 aromatic carbocycles. The van der Waals surface area contributed by atoms with Gasteiger partial charge in [-0.25, -0.2) is 0 Å². The maximum Gasteiger partial charge on any atom is 0.305 e. The fraction of sp³-hybridized carbons (Fsp3) is 0.812. The van der Waals surface area contributed by atoms with Crippen LogP contribution in [0, 0.1) is 17.8 Å². The first-order valence-electron chi connectivity index (χ1n) is 7.79. The molecule has 2 fully saturated rings. The molecular formula is C16H25IO4. The number of aliphatic hydroxyl groups excluding tert-OH is 1. The van der Waals surface area contributed by atoms with E-state index in [1.54, 1.807) is 0 Å². The number of carbonyl (C=O) groups is 1. The summed E-state index contributed by atoms with van der Waals surface area (Å²) in [4.78, 5) is 11.1. The SMILES string of the molecule is COC(=O)CCC[C@H]1CC[C@@H]2[C@H](/C=C/I)[C@H](O)C[C@@H]2OC1. The number of ether oxygens (including phenoxy) is 2.